The number of benzene rings is 2. The van der Waals surface area contributed by atoms with Gasteiger partial charge in [-0.1, -0.05) is 23.7 Å². The van der Waals surface area contributed by atoms with Gasteiger partial charge in [-0.3, -0.25) is 13.5 Å². The smallest absolute Gasteiger partial charge is 0.269 e. The molecule has 0 saturated carbocycles. The standard InChI is InChI=1S/C20H20FN3O2S/c1-14(24-20(26)17-4-2-3-5-18(17)27-24)19(25)23-12-10-22(11-13-23)16-8-6-15(21)7-9-16/h2-9,14H,10-13H2,1H3/t14-/m1/s1. The molecule has 7 heteroatoms. The highest BCUT2D eigenvalue weighted by molar-refractivity contribution is 7.14. The Kier molecular flexibility index (Phi) is 4.70. The summed E-state index contributed by atoms with van der Waals surface area (Å²) in [5.74, 6) is -0.294. The van der Waals surface area contributed by atoms with E-state index in [0.717, 1.165) is 10.4 Å². The average Bonchev–Trinajstić information content (AvgIpc) is 3.04. The molecule has 5 nitrogen and oxygen atoms in total. The number of carbonyl (C=O) groups is 1. The van der Waals surface area contributed by atoms with Crippen molar-refractivity contribution in [3.05, 3.63) is 64.7 Å². The van der Waals surface area contributed by atoms with Gasteiger partial charge in [0.1, 0.15) is 11.9 Å². The Balaban J connectivity index is 1.46. The number of anilines is 1. The lowest BCUT2D eigenvalue weighted by Crippen LogP contribution is -2.50. The highest BCUT2D eigenvalue weighted by atomic mass is 32.1. The maximum atomic E-state index is 13.1. The number of hydrogen-bond donors (Lipinski definition) is 0. The first kappa shape index (κ1) is 17.7. The Bertz CT molecular complexity index is 1020. The zero-order valence-corrected chi connectivity index (χ0v) is 15.8. The van der Waals surface area contributed by atoms with Gasteiger partial charge in [0.15, 0.2) is 0 Å². The van der Waals surface area contributed by atoms with Crippen LogP contribution in [0.5, 0.6) is 0 Å². The Labute approximate surface area is 160 Å². The van der Waals surface area contributed by atoms with E-state index in [-0.39, 0.29) is 17.3 Å². The van der Waals surface area contributed by atoms with Crippen LogP contribution in [0.2, 0.25) is 0 Å². The molecular weight excluding hydrogens is 365 g/mol. The van der Waals surface area contributed by atoms with Crippen molar-refractivity contribution in [1.29, 1.82) is 0 Å². The van der Waals surface area contributed by atoms with E-state index in [2.05, 4.69) is 4.90 Å². The van der Waals surface area contributed by atoms with Crippen molar-refractivity contribution >= 4 is 33.2 Å². The lowest BCUT2D eigenvalue weighted by Gasteiger charge is -2.37. The summed E-state index contributed by atoms with van der Waals surface area (Å²) in [6.07, 6.45) is 0. The van der Waals surface area contributed by atoms with E-state index >= 15 is 0 Å². The first-order valence-electron chi connectivity index (χ1n) is 8.94. The highest BCUT2D eigenvalue weighted by Gasteiger charge is 2.27. The molecular formula is C20H20FN3O2S. The molecule has 1 aromatic heterocycles. The Morgan fingerprint density at radius 3 is 2.37 bits per heavy atom. The normalized spacial score (nSPS) is 15.9. The van der Waals surface area contributed by atoms with Gasteiger partial charge in [0.05, 0.1) is 10.1 Å². The van der Waals surface area contributed by atoms with Gasteiger partial charge >= 0.3 is 0 Å². The number of piperazine rings is 1. The molecule has 1 aliphatic heterocycles. The average molecular weight is 385 g/mol. The zero-order chi connectivity index (χ0) is 19.0. The number of carbonyl (C=O) groups excluding carboxylic acids is 1. The summed E-state index contributed by atoms with van der Waals surface area (Å²) >= 11 is 1.33. The molecule has 1 aliphatic rings. The van der Waals surface area contributed by atoms with Crippen LogP contribution < -0.4 is 10.5 Å². The van der Waals surface area contributed by atoms with Gasteiger partial charge in [0.25, 0.3) is 5.56 Å². The number of hydrogen-bond acceptors (Lipinski definition) is 4. The molecule has 0 bridgehead atoms. The molecule has 0 radical (unpaired) electrons. The van der Waals surface area contributed by atoms with Crippen molar-refractivity contribution in [2.75, 3.05) is 31.1 Å². The molecule has 0 aliphatic carbocycles. The number of rotatable bonds is 3. The molecule has 1 saturated heterocycles. The largest absolute Gasteiger partial charge is 0.368 e. The molecule has 140 valence electrons. The van der Waals surface area contributed by atoms with E-state index in [0.29, 0.717) is 31.6 Å². The maximum absolute atomic E-state index is 13.1. The van der Waals surface area contributed by atoms with Crippen LogP contribution in [0.15, 0.2) is 53.3 Å². The van der Waals surface area contributed by atoms with Gasteiger partial charge in [-0.15, -0.1) is 0 Å². The lowest BCUT2D eigenvalue weighted by molar-refractivity contribution is -0.134. The molecule has 0 spiro atoms. The first-order chi connectivity index (χ1) is 13.0. The van der Waals surface area contributed by atoms with Crippen LogP contribution in [0.4, 0.5) is 10.1 Å². The van der Waals surface area contributed by atoms with Crippen LogP contribution >= 0.6 is 11.5 Å². The van der Waals surface area contributed by atoms with Gasteiger partial charge in [-0.2, -0.15) is 0 Å². The van der Waals surface area contributed by atoms with Crippen molar-refractivity contribution in [1.82, 2.24) is 8.86 Å². The van der Waals surface area contributed by atoms with Gasteiger partial charge in [-0.25, -0.2) is 4.39 Å². The number of aromatic nitrogens is 1. The molecule has 2 heterocycles. The minimum absolute atomic E-state index is 0.0394. The topological polar surface area (TPSA) is 45.6 Å². The summed E-state index contributed by atoms with van der Waals surface area (Å²) < 4.78 is 15.5. The summed E-state index contributed by atoms with van der Waals surface area (Å²) in [5.41, 5.74) is 0.846. The first-order valence-corrected chi connectivity index (χ1v) is 9.72. The van der Waals surface area contributed by atoms with Crippen LogP contribution in [-0.2, 0) is 4.79 Å². The third kappa shape index (κ3) is 3.35. The highest BCUT2D eigenvalue weighted by Crippen LogP contribution is 2.22. The van der Waals surface area contributed by atoms with Crippen LogP contribution in [-0.4, -0.2) is 40.9 Å². The summed E-state index contributed by atoms with van der Waals surface area (Å²) in [5, 5.41) is 0.656. The van der Waals surface area contributed by atoms with Crippen LogP contribution in [0.1, 0.15) is 13.0 Å². The summed E-state index contributed by atoms with van der Waals surface area (Å²) in [7, 11) is 0. The molecule has 0 N–H and O–H groups in total. The van der Waals surface area contributed by atoms with Gasteiger partial charge in [0.2, 0.25) is 5.91 Å². The molecule has 27 heavy (non-hydrogen) atoms. The number of fused-ring (bicyclic) bond motifs is 1. The van der Waals surface area contributed by atoms with Gasteiger partial charge in [0, 0.05) is 31.9 Å². The van der Waals surface area contributed by atoms with Crippen LogP contribution in [0.3, 0.4) is 0 Å². The SMILES string of the molecule is C[C@H](C(=O)N1CCN(c2ccc(F)cc2)CC1)n1sc2ccccc2c1=O. The minimum atomic E-state index is -0.521. The van der Waals surface area contributed by atoms with E-state index in [4.69, 9.17) is 0 Å². The van der Waals surface area contributed by atoms with Crippen molar-refractivity contribution in [2.24, 2.45) is 0 Å². The third-order valence-electron chi connectivity index (χ3n) is 5.01. The quantitative estimate of drug-likeness (QED) is 0.696. The van der Waals surface area contributed by atoms with Crippen molar-refractivity contribution in [2.45, 2.75) is 13.0 Å². The van der Waals surface area contributed by atoms with Crippen molar-refractivity contribution < 1.29 is 9.18 Å². The fourth-order valence-electron chi connectivity index (χ4n) is 3.45. The Morgan fingerprint density at radius 1 is 1.04 bits per heavy atom. The van der Waals surface area contributed by atoms with Crippen LogP contribution in [0, 0.1) is 5.82 Å². The number of halogens is 1. The monoisotopic (exact) mass is 385 g/mol. The molecule has 3 aromatic rings. The predicted molar refractivity (Wildman–Crippen MR) is 106 cm³/mol. The lowest BCUT2D eigenvalue weighted by atomic mass is 10.2. The second kappa shape index (κ2) is 7.15. The third-order valence-corrected chi connectivity index (χ3v) is 6.24. The van der Waals surface area contributed by atoms with E-state index in [9.17, 15) is 14.0 Å². The van der Waals surface area contributed by atoms with E-state index in [1.165, 1.54) is 23.7 Å². The van der Waals surface area contributed by atoms with E-state index in [1.54, 1.807) is 29.1 Å². The molecule has 0 unspecified atom stereocenters. The molecule has 2 aromatic carbocycles. The maximum Gasteiger partial charge on any atom is 0.269 e. The number of amides is 1. The van der Waals surface area contributed by atoms with E-state index in [1.807, 2.05) is 23.1 Å². The Morgan fingerprint density at radius 2 is 1.70 bits per heavy atom. The van der Waals surface area contributed by atoms with E-state index < -0.39 is 6.04 Å². The molecule has 1 atom stereocenters. The summed E-state index contributed by atoms with van der Waals surface area (Å²) in [6.45, 7) is 4.32. The zero-order valence-electron chi connectivity index (χ0n) is 15.0. The Hall–Kier alpha value is -2.67. The second-order valence-electron chi connectivity index (χ2n) is 6.68. The predicted octanol–water partition coefficient (Wildman–Crippen LogP) is 3.11. The fourth-order valence-corrected chi connectivity index (χ4v) is 4.48. The molecule has 1 fully saturated rings. The minimum Gasteiger partial charge on any atom is -0.368 e. The summed E-state index contributed by atoms with van der Waals surface area (Å²) in [6, 6.07) is 13.3. The summed E-state index contributed by atoms with van der Waals surface area (Å²) in [4.78, 5) is 29.5. The second-order valence-corrected chi connectivity index (χ2v) is 7.70. The molecule has 4 rings (SSSR count). The number of nitrogens with zero attached hydrogens (tertiary/aromatic N) is 3. The van der Waals surface area contributed by atoms with Crippen molar-refractivity contribution in [3.8, 4) is 0 Å². The van der Waals surface area contributed by atoms with Crippen molar-refractivity contribution in [3.63, 3.8) is 0 Å². The molecule has 1 amide bonds. The van der Waals surface area contributed by atoms with Gasteiger partial charge < -0.3 is 9.80 Å². The van der Waals surface area contributed by atoms with Crippen LogP contribution in [0.25, 0.3) is 10.1 Å². The fraction of sp³-hybridized carbons (Fsp3) is 0.300. The van der Waals surface area contributed by atoms with Gasteiger partial charge in [-0.05, 0) is 43.3 Å².